The van der Waals surface area contributed by atoms with Crippen molar-refractivity contribution in [3.05, 3.63) is 28.5 Å². The zero-order chi connectivity index (χ0) is 14.9. The number of pyridine rings is 1. The number of hydrogen-bond donors (Lipinski definition) is 2. The molecule has 1 fully saturated rings. The van der Waals surface area contributed by atoms with Gasteiger partial charge >= 0.3 is 0 Å². The van der Waals surface area contributed by atoms with Crippen molar-refractivity contribution >= 4 is 27.3 Å². The first-order valence-corrected chi connectivity index (χ1v) is 8.70. The van der Waals surface area contributed by atoms with Crippen molar-refractivity contribution in [2.45, 2.75) is 50.5 Å². The Hall–Kier alpha value is -0.140. The molecule has 0 saturated heterocycles. The summed E-state index contributed by atoms with van der Waals surface area (Å²) < 4.78 is 16.0. The molecule has 0 bridgehead atoms. The van der Waals surface area contributed by atoms with Gasteiger partial charge in [-0.2, -0.15) is 0 Å². The molecule has 1 aromatic heterocycles. The van der Waals surface area contributed by atoms with Gasteiger partial charge in [-0.1, -0.05) is 6.07 Å². The summed E-state index contributed by atoms with van der Waals surface area (Å²) in [7, 11) is 0. The quantitative estimate of drug-likeness (QED) is 0.639. The molecular formula is C14H21BrN2O2S. The third-order valence-electron chi connectivity index (χ3n) is 3.47. The van der Waals surface area contributed by atoms with E-state index < -0.39 is 11.4 Å². The summed E-state index contributed by atoms with van der Waals surface area (Å²) in [6.07, 6.45) is 1.22. The van der Waals surface area contributed by atoms with Crippen LogP contribution in [0.25, 0.3) is 0 Å². The van der Waals surface area contributed by atoms with E-state index >= 15 is 0 Å². The summed E-state index contributed by atoms with van der Waals surface area (Å²) in [6.45, 7) is 5.82. The number of aliphatic hydroxyl groups is 1. The van der Waals surface area contributed by atoms with Crippen molar-refractivity contribution in [2.24, 2.45) is 5.92 Å². The van der Waals surface area contributed by atoms with Gasteiger partial charge < -0.3 is 9.66 Å². The molecule has 2 atom stereocenters. The van der Waals surface area contributed by atoms with Crippen molar-refractivity contribution in [2.75, 3.05) is 0 Å². The molecular weight excluding hydrogens is 340 g/mol. The van der Waals surface area contributed by atoms with Gasteiger partial charge in [0.2, 0.25) is 0 Å². The minimum atomic E-state index is -1.16. The summed E-state index contributed by atoms with van der Waals surface area (Å²) in [5, 5.41) is 9.53. The highest BCUT2D eigenvalue weighted by Crippen LogP contribution is 2.38. The molecule has 1 heterocycles. The van der Waals surface area contributed by atoms with Crippen molar-refractivity contribution in [3.8, 4) is 0 Å². The molecule has 0 spiro atoms. The van der Waals surface area contributed by atoms with Crippen LogP contribution in [0.5, 0.6) is 0 Å². The number of aliphatic hydroxyl groups excluding tert-OH is 1. The van der Waals surface area contributed by atoms with Crippen molar-refractivity contribution in [1.29, 1.82) is 0 Å². The second-order valence-corrected chi connectivity index (χ2v) is 9.06. The predicted molar refractivity (Wildman–Crippen MR) is 84.4 cm³/mol. The normalized spacial score (nSPS) is 25.9. The largest absolute Gasteiger partial charge is 0.598 e. The molecule has 1 aliphatic carbocycles. The van der Waals surface area contributed by atoms with E-state index in [0.717, 1.165) is 23.1 Å². The molecule has 0 amide bonds. The van der Waals surface area contributed by atoms with Gasteiger partial charge in [0.1, 0.15) is 9.35 Å². The third-order valence-corrected chi connectivity index (χ3v) is 5.49. The number of nitrogens with zero attached hydrogens (tertiary/aromatic N) is 1. The Balaban J connectivity index is 2.17. The first-order chi connectivity index (χ1) is 9.27. The fraction of sp³-hybridized carbons (Fsp3) is 0.643. The predicted octanol–water partition coefficient (Wildman–Crippen LogP) is 2.71. The topological polar surface area (TPSA) is 68.2 Å². The Morgan fingerprint density at radius 3 is 2.60 bits per heavy atom. The molecule has 0 aromatic carbocycles. The third kappa shape index (κ3) is 3.95. The van der Waals surface area contributed by atoms with Crippen LogP contribution < -0.4 is 4.72 Å². The Bertz CT molecular complexity index is 461. The highest BCUT2D eigenvalue weighted by Gasteiger charge is 2.40. The van der Waals surface area contributed by atoms with Crippen molar-refractivity contribution in [3.63, 3.8) is 0 Å². The maximum Gasteiger partial charge on any atom is 0.136 e. The van der Waals surface area contributed by atoms with Gasteiger partial charge in [0.15, 0.2) is 0 Å². The molecule has 1 unspecified atom stereocenters. The average Bonchev–Trinajstić information content (AvgIpc) is 2.31. The first-order valence-electron chi connectivity index (χ1n) is 6.76. The highest BCUT2D eigenvalue weighted by atomic mass is 79.9. The fourth-order valence-corrected chi connectivity index (χ4v) is 3.44. The molecule has 2 N–H and O–H groups in total. The Morgan fingerprint density at radius 2 is 2.10 bits per heavy atom. The molecule has 0 aliphatic heterocycles. The zero-order valence-corrected chi connectivity index (χ0v) is 14.4. The first kappa shape index (κ1) is 16.2. The molecule has 4 nitrogen and oxygen atoms in total. The zero-order valence-electron chi connectivity index (χ0n) is 12.0. The lowest BCUT2D eigenvalue weighted by molar-refractivity contribution is 0.0272. The van der Waals surface area contributed by atoms with Crippen LogP contribution in [-0.2, 0) is 11.4 Å². The minimum absolute atomic E-state index is 0.0871. The van der Waals surface area contributed by atoms with Gasteiger partial charge in [0.25, 0.3) is 0 Å². The van der Waals surface area contributed by atoms with Crippen LogP contribution in [0.15, 0.2) is 22.8 Å². The lowest BCUT2D eigenvalue weighted by Crippen LogP contribution is -2.46. The number of aromatic nitrogens is 1. The second-order valence-electron chi connectivity index (χ2n) is 6.25. The van der Waals surface area contributed by atoms with Crippen LogP contribution in [-0.4, -0.2) is 25.5 Å². The lowest BCUT2D eigenvalue weighted by Gasteiger charge is -2.38. The molecule has 1 aromatic rings. The van der Waals surface area contributed by atoms with E-state index in [-0.39, 0.29) is 22.8 Å². The Morgan fingerprint density at radius 1 is 1.45 bits per heavy atom. The van der Waals surface area contributed by atoms with E-state index in [1.54, 1.807) is 0 Å². The van der Waals surface area contributed by atoms with Crippen LogP contribution in [0.2, 0.25) is 0 Å². The van der Waals surface area contributed by atoms with Crippen LogP contribution >= 0.6 is 15.9 Å². The second kappa shape index (κ2) is 6.32. The van der Waals surface area contributed by atoms with Gasteiger partial charge in [-0.15, -0.1) is 4.72 Å². The van der Waals surface area contributed by atoms with Crippen molar-refractivity contribution in [1.82, 2.24) is 9.71 Å². The van der Waals surface area contributed by atoms with E-state index in [1.165, 1.54) is 0 Å². The number of rotatable bonds is 4. The van der Waals surface area contributed by atoms with Gasteiger partial charge in [-0.3, -0.25) is 0 Å². The van der Waals surface area contributed by atoms with Crippen LogP contribution in [0, 0.1) is 5.92 Å². The van der Waals surface area contributed by atoms with Crippen LogP contribution in [0.3, 0.4) is 0 Å². The molecule has 20 heavy (non-hydrogen) atoms. The molecule has 6 heteroatoms. The maximum atomic E-state index is 12.4. The van der Waals surface area contributed by atoms with E-state index in [9.17, 15) is 9.66 Å². The van der Waals surface area contributed by atoms with Crippen molar-refractivity contribution < 1.29 is 9.66 Å². The summed E-state index contributed by atoms with van der Waals surface area (Å²) in [6, 6.07) is 5.65. The molecule has 1 aliphatic rings. The average molecular weight is 361 g/mol. The van der Waals surface area contributed by atoms with E-state index in [2.05, 4.69) is 25.6 Å². The number of nitrogens with one attached hydrogen (secondary N) is 1. The fourth-order valence-electron chi connectivity index (χ4n) is 2.19. The van der Waals surface area contributed by atoms with E-state index in [4.69, 9.17) is 0 Å². The monoisotopic (exact) mass is 360 g/mol. The molecule has 1 saturated carbocycles. The van der Waals surface area contributed by atoms with Crippen LogP contribution in [0.1, 0.15) is 45.3 Å². The van der Waals surface area contributed by atoms with E-state index in [1.807, 2.05) is 39.0 Å². The minimum Gasteiger partial charge on any atom is -0.598 e. The maximum absolute atomic E-state index is 12.4. The van der Waals surface area contributed by atoms with Gasteiger partial charge in [0, 0.05) is 11.4 Å². The lowest BCUT2D eigenvalue weighted by atomic mass is 9.76. The van der Waals surface area contributed by atoms with Gasteiger partial charge in [0.05, 0.1) is 17.8 Å². The molecule has 0 radical (unpaired) electrons. The Labute approximate surface area is 131 Å². The van der Waals surface area contributed by atoms with Gasteiger partial charge in [-0.25, -0.2) is 4.98 Å². The summed E-state index contributed by atoms with van der Waals surface area (Å²) in [5.41, 5.74) is 0.869. The number of hydrogen-bond acceptors (Lipinski definition) is 4. The van der Waals surface area contributed by atoms with Gasteiger partial charge in [-0.05, 0) is 67.6 Å². The summed E-state index contributed by atoms with van der Waals surface area (Å²) in [5.74, 6) is 0.276. The van der Waals surface area contributed by atoms with Crippen LogP contribution in [0.4, 0.5) is 0 Å². The summed E-state index contributed by atoms with van der Waals surface area (Å²) in [4.78, 5) is 4.47. The smallest absolute Gasteiger partial charge is 0.136 e. The highest BCUT2D eigenvalue weighted by molar-refractivity contribution is 9.10. The standard InChI is InChI=1S/C14H21BrN2O2S/c1-14(2,3)20(19)17-13(9-7-10(18)8-9)11-5-4-6-12(15)16-11/h4-6,9-10,13,17-18H,7-8H2,1-3H3/t9?,10?,13?,20-/m1/s1. The number of halogens is 1. The Kier molecular flexibility index (Phi) is 5.13. The molecule has 112 valence electrons. The summed E-state index contributed by atoms with van der Waals surface area (Å²) >= 11 is 2.21. The van der Waals surface area contributed by atoms with E-state index in [0.29, 0.717) is 0 Å². The molecule has 2 rings (SSSR count). The SMILES string of the molecule is CC(C)(C)[S@@+]([O-])NC(c1cccc(Br)n1)C1CC(O)C1.